The Morgan fingerprint density at radius 1 is 0.352 bits per heavy atom. The Morgan fingerprint density at radius 2 is 0.626 bits per heavy atom. The van der Waals surface area contributed by atoms with Gasteiger partial charge in [0.1, 0.15) is 19.8 Å². The molecule has 0 rings (SSSR count). The predicted octanol–water partition coefficient (Wildman–Crippen LogP) is 25.4. The van der Waals surface area contributed by atoms with Crippen molar-refractivity contribution < 1.29 is 42.1 Å². The van der Waals surface area contributed by atoms with Crippen molar-refractivity contribution in [3.05, 3.63) is 97.2 Å². The molecule has 0 aromatic heterocycles. The average molecular weight is 1290 g/mol. The van der Waals surface area contributed by atoms with Crippen LogP contribution < -0.4 is 0 Å². The summed E-state index contributed by atoms with van der Waals surface area (Å²) in [5.41, 5.74) is 0. The molecule has 1 N–H and O–H groups in total. The van der Waals surface area contributed by atoms with Crippen LogP contribution in [0.5, 0.6) is 0 Å². The van der Waals surface area contributed by atoms with Gasteiger partial charge in [0.2, 0.25) is 0 Å². The van der Waals surface area contributed by atoms with Gasteiger partial charge in [-0.25, -0.2) is 4.57 Å². The van der Waals surface area contributed by atoms with Crippen molar-refractivity contribution in [1.29, 1.82) is 0 Å². The Bertz CT molecular complexity index is 1860. The Kier molecular flexibility index (Phi) is 68.8. The van der Waals surface area contributed by atoms with Gasteiger partial charge in [-0.1, -0.05) is 361 Å². The summed E-state index contributed by atoms with van der Waals surface area (Å²) < 4.78 is 34.7. The number of phosphoric ester groups is 1. The third kappa shape index (κ3) is 75.8. The molecule has 0 fully saturated rings. The fraction of sp³-hybridized carbons (Fsp3) is 0.778. The van der Waals surface area contributed by atoms with E-state index in [1.54, 1.807) is 0 Å². The molecule has 528 valence electrons. The van der Waals surface area contributed by atoms with Crippen LogP contribution in [0.15, 0.2) is 97.2 Å². The molecule has 91 heavy (non-hydrogen) atoms. The van der Waals surface area contributed by atoms with Gasteiger partial charge < -0.3 is 18.9 Å². The van der Waals surface area contributed by atoms with Crippen LogP contribution in [0.4, 0.5) is 0 Å². The third-order valence-electron chi connectivity index (χ3n) is 16.9. The molecule has 0 saturated carbocycles. The Morgan fingerprint density at radius 3 is 0.934 bits per heavy atom. The van der Waals surface area contributed by atoms with Crippen LogP contribution in [0, 0.1) is 0 Å². The lowest BCUT2D eigenvalue weighted by molar-refractivity contribution is -0.870. The lowest BCUT2D eigenvalue weighted by Crippen LogP contribution is -2.37. The average Bonchev–Trinajstić information content (AvgIpc) is 3.74. The minimum absolute atomic E-state index is 0.0229. The first-order valence-electron chi connectivity index (χ1n) is 38.5. The van der Waals surface area contributed by atoms with Gasteiger partial charge in [-0.15, -0.1) is 0 Å². The number of rotatable bonds is 71. The summed E-state index contributed by atoms with van der Waals surface area (Å²) >= 11 is 0. The van der Waals surface area contributed by atoms with Gasteiger partial charge in [-0.05, 0) is 77.0 Å². The second-order valence-corrected chi connectivity index (χ2v) is 28.5. The van der Waals surface area contributed by atoms with E-state index in [0.717, 1.165) is 96.3 Å². The van der Waals surface area contributed by atoms with Crippen molar-refractivity contribution in [2.75, 3.05) is 47.5 Å². The zero-order valence-corrected chi connectivity index (χ0v) is 61.2. The molecule has 0 radical (unpaired) electrons. The number of esters is 2. The third-order valence-corrected chi connectivity index (χ3v) is 17.9. The summed E-state index contributed by atoms with van der Waals surface area (Å²) in [7, 11) is 1.46. The number of quaternary nitrogens is 1. The van der Waals surface area contributed by atoms with Crippen LogP contribution in [0.25, 0.3) is 0 Å². The van der Waals surface area contributed by atoms with Crippen LogP contribution in [0.2, 0.25) is 0 Å². The minimum atomic E-state index is -4.41. The normalized spacial score (nSPS) is 13.6. The fourth-order valence-electron chi connectivity index (χ4n) is 11.0. The molecule has 0 aromatic carbocycles. The van der Waals surface area contributed by atoms with Crippen LogP contribution in [0.1, 0.15) is 354 Å². The number of allylic oxidation sites excluding steroid dienone is 16. The number of nitrogens with zero attached hydrogens (tertiary/aromatic N) is 1. The SMILES string of the molecule is CC/C=C\C/C=C\C/C=C\C/C=C\C/C=C\C/C=C\C/C=C\C/C=C\CCCCCCC(=O)OC(COC(=O)CCCCCCCCCCCCCCCCCCCCCCCCCCCCCCCCCCCCCCCC)COP(=O)(O)OCC[N+](C)(C)C. The standard InChI is InChI=1S/C81H146NO8P/c1-6-8-10-12-14-16-18-20-22-24-26-28-30-32-34-36-37-38-39-40-41-42-43-44-46-47-49-51-53-55-57-59-61-63-65-67-69-71-73-80(83)87-77-79(78-89-91(85,86)88-76-75-82(3,4)5)90-81(84)74-72-70-68-66-64-62-60-58-56-54-52-50-48-45-35-33-31-29-27-25-23-21-19-17-15-13-11-9-7-2/h9,11,15,17,21,23,27,29,33,35,48,50,54,56,60,62,79H,6-8,10,12-14,16,18-20,22,24-26,28,30-32,34,36-47,49,51-53,55,57-59,61,63-78H2,1-5H3/p+1/b11-9-,17-15-,23-21-,29-27-,35-33-,50-48-,56-54-,62-60-. The van der Waals surface area contributed by atoms with Crippen LogP contribution in [-0.2, 0) is 32.7 Å². The molecule has 0 aliphatic carbocycles. The van der Waals surface area contributed by atoms with Crippen molar-refractivity contribution in [3.63, 3.8) is 0 Å². The van der Waals surface area contributed by atoms with E-state index >= 15 is 0 Å². The van der Waals surface area contributed by atoms with Gasteiger partial charge in [-0.2, -0.15) is 0 Å². The van der Waals surface area contributed by atoms with Crippen molar-refractivity contribution in [1.82, 2.24) is 0 Å². The number of hydrogen-bond donors (Lipinski definition) is 1. The number of ether oxygens (including phenoxy) is 2. The Labute approximate surface area is 564 Å². The van der Waals surface area contributed by atoms with Crippen molar-refractivity contribution in [2.24, 2.45) is 0 Å². The smallest absolute Gasteiger partial charge is 0.462 e. The number of unbranched alkanes of at least 4 members (excludes halogenated alkanes) is 41. The predicted molar refractivity (Wildman–Crippen MR) is 395 cm³/mol. The molecule has 0 aromatic rings. The molecule has 0 bridgehead atoms. The Hall–Kier alpha value is -3.07. The lowest BCUT2D eigenvalue weighted by atomic mass is 10.0. The highest BCUT2D eigenvalue weighted by Gasteiger charge is 2.27. The highest BCUT2D eigenvalue weighted by molar-refractivity contribution is 7.47. The maximum Gasteiger partial charge on any atom is 0.472 e. The molecule has 2 atom stereocenters. The summed E-state index contributed by atoms with van der Waals surface area (Å²) in [4.78, 5) is 35.9. The topological polar surface area (TPSA) is 108 Å². The number of carbonyl (C=O) groups is 2. The van der Waals surface area contributed by atoms with E-state index in [-0.39, 0.29) is 32.0 Å². The van der Waals surface area contributed by atoms with E-state index in [1.807, 2.05) is 21.1 Å². The molecule has 0 aliphatic rings. The van der Waals surface area contributed by atoms with Crippen LogP contribution in [-0.4, -0.2) is 74.9 Å². The van der Waals surface area contributed by atoms with Gasteiger partial charge in [0, 0.05) is 12.8 Å². The van der Waals surface area contributed by atoms with E-state index < -0.39 is 26.5 Å². The molecule has 0 amide bonds. The summed E-state index contributed by atoms with van der Waals surface area (Å²) in [6.07, 6.45) is 99.9. The molecule has 2 unspecified atom stereocenters. The molecule has 0 saturated heterocycles. The van der Waals surface area contributed by atoms with Gasteiger partial charge in [-0.3, -0.25) is 18.6 Å². The van der Waals surface area contributed by atoms with Gasteiger partial charge in [0.05, 0.1) is 27.7 Å². The maximum atomic E-state index is 12.9. The first-order valence-corrected chi connectivity index (χ1v) is 40.0. The molecular formula is C81H147NO8P+. The van der Waals surface area contributed by atoms with Crippen molar-refractivity contribution >= 4 is 19.8 Å². The van der Waals surface area contributed by atoms with Crippen molar-refractivity contribution in [2.45, 2.75) is 360 Å². The van der Waals surface area contributed by atoms with Crippen LogP contribution in [0.3, 0.4) is 0 Å². The first kappa shape index (κ1) is 87.9. The van der Waals surface area contributed by atoms with E-state index in [2.05, 4.69) is 111 Å². The summed E-state index contributed by atoms with van der Waals surface area (Å²) in [5, 5.41) is 0. The van der Waals surface area contributed by atoms with Gasteiger partial charge in [0.15, 0.2) is 6.10 Å². The molecule has 0 aliphatic heterocycles. The number of likely N-dealkylation sites (N-methyl/N-ethyl adjacent to an activating group) is 1. The van der Waals surface area contributed by atoms with E-state index in [9.17, 15) is 19.0 Å². The summed E-state index contributed by atoms with van der Waals surface area (Å²) in [6.45, 7) is 4.33. The Balaban J connectivity index is 4.00. The largest absolute Gasteiger partial charge is 0.472 e. The highest BCUT2D eigenvalue weighted by atomic mass is 31.2. The quantitative estimate of drug-likeness (QED) is 0.0211. The minimum Gasteiger partial charge on any atom is -0.462 e. The van der Waals surface area contributed by atoms with Crippen LogP contribution >= 0.6 is 7.82 Å². The monoisotopic (exact) mass is 1290 g/mol. The second kappa shape index (κ2) is 71.2. The number of hydrogen-bond acceptors (Lipinski definition) is 7. The lowest BCUT2D eigenvalue weighted by Gasteiger charge is -2.24. The molecule has 10 heteroatoms. The number of carbonyl (C=O) groups excluding carboxylic acids is 2. The zero-order chi connectivity index (χ0) is 66.2. The fourth-order valence-corrected chi connectivity index (χ4v) is 11.8. The maximum absolute atomic E-state index is 12.9. The van der Waals surface area contributed by atoms with E-state index in [4.69, 9.17) is 18.5 Å². The molecule has 9 nitrogen and oxygen atoms in total. The molecule has 0 spiro atoms. The summed E-state index contributed by atoms with van der Waals surface area (Å²) in [6, 6.07) is 0. The van der Waals surface area contributed by atoms with E-state index in [1.165, 1.54) is 225 Å². The number of phosphoric acid groups is 1. The van der Waals surface area contributed by atoms with Gasteiger partial charge in [0.25, 0.3) is 0 Å². The highest BCUT2D eigenvalue weighted by Crippen LogP contribution is 2.43. The molecular weight excluding hydrogens is 1150 g/mol. The van der Waals surface area contributed by atoms with Gasteiger partial charge >= 0.3 is 19.8 Å². The summed E-state index contributed by atoms with van der Waals surface area (Å²) in [5.74, 6) is -0.819. The first-order chi connectivity index (χ1) is 44.5. The van der Waals surface area contributed by atoms with E-state index in [0.29, 0.717) is 17.4 Å². The van der Waals surface area contributed by atoms with Crippen molar-refractivity contribution in [3.8, 4) is 0 Å². The second-order valence-electron chi connectivity index (χ2n) is 27.0. The molecule has 0 heterocycles. The zero-order valence-electron chi connectivity index (χ0n) is 60.3.